The van der Waals surface area contributed by atoms with Gasteiger partial charge < -0.3 is 10.1 Å². The van der Waals surface area contributed by atoms with Gasteiger partial charge in [0.1, 0.15) is 11.3 Å². The standard InChI is InChI=1S/C19H19N3O3S/c1-3-20-18(23)13(2)25-19(24)15-12-22(14-8-5-4-6-9-14)21-17(15)16-10-7-11-26-16/h4-13H,3H2,1-2H3,(H,20,23)/t13-/m1/s1. The summed E-state index contributed by atoms with van der Waals surface area (Å²) in [4.78, 5) is 25.4. The highest BCUT2D eigenvalue weighted by molar-refractivity contribution is 7.13. The Labute approximate surface area is 155 Å². The van der Waals surface area contributed by atoms with Crippen LogP contribution in [0.2, 0.25) is 0 Å². The van der Waals surface area contributed by atoms with Crippen molar-refractivity contribution in [2.75, 3.05) is 6.54 Å². The van der Waals surface area contributed by atoms with Crippen molar-refractivity contribution < 1.29 is 14.3 Å². The van der Waals surface area contributed by atoms with Crippen LogP contribution in [-0.2, 0) is 9.53 Å². The van der Waals surface area contributed by atoms with Crippen LogP contribution in [0.5, 0.6) is 0 Å². The Balaban J connectivity index is 1.93. The lowest BCUT2D eigenvalue weighted by Gasteiger charge is -2.12. The molecule has 1 N–H and O–H groups in total. The van der Waals surface area contributed by atoms with Crippen LogP contribution in [0.15, 0.2) is 54.0 Å². The molecule has 3 rings (SSSR count). The van der Waals surface area contributed by atoms with Gasteiger partial charge in [0, 0.05) is 12.7 Å². The van der Waals surface area contributed by atoms with Crippen molar-refractivity contribution in [2.24, 2.45) is 0 Å². The van der Waals surface area contributed by atoms with Gasteiger partial charge in [-0.15, -0.1) is 11.3 Å². The number of aromatic nitrogens is 2. The van der Waals surface area contributed by atoms with Gasteiger partial charge in [0.05, 0.1) is 10.6 Å². The number of thiophene rings is 1. The van der Waals surface area contributed by atoms with Crippen molar-refractivity contribution in [1.29, 1.82) is 0 Å². The van der Waals surface area contributed by atoms with Crippen LogP contribution in [0, 0.1) is 0 Å². The maximum atomic E-state index is 12.7. The van der Waals surface area contributed by atoms with Crippen LogP contribution in [-0.4, -0.2) is 34.3 Å². The first-order valence-corrected chi connectivity index (χ1v) is 9.15. The maximum absolute atomic E-state index is 12.7. The minimum absolute atomic E-state index is 0.325. The van der Waals surface area contributed by atoms with Crippen molar-refractivity contribution in [1.82, 2.24) is 15.1 Å². The second-order valence-electron chi connectivity index (χ2n) is 5.59. The van der Waals surface area contributed by atoms with Crippen LogP contribution in [0.1, 0.15) is 24.2 Å². The highest BCUT2D eigenvalue weighted by Crippen LogP contribution is 2.28. The number of para-hydroxylation sites is 1. The van der Waals surface area contributed by atoms with Crippen LogP contribution in [0.25, 0.3) is 16.3 Å². The number of ether oxygens (including phenoxy) is 1. The molecule has 0 saturated carbocycles. The first kappa shape index (κ1) is 17.9. The van der Waals surface area contributed by atoms with E-state index in [0.717, 1.165) is 10.6 Å². The topological polar surface area (TPSA) is 73.2 Å². The molecule has 26 heavy (non-hydrogen) atoms. The maximum Gasteiger partial charge on any atom is 0.342 e. The lowest BCUT2D eigenvalue weighted by molar-refractivity contribution is -0.128. The molecule has 0 fully saturated rings. The third kappa shape index (κ3) is 3.83. The molecule has 0 aliphatic rings. The quantitative estimate of drug-likeness (QED) is 0.677. The molecule has 0 saturated heterocycles. The fraction of sp³-hybridized carbons (Fsp3) is 0.211. The molecule has 0 unspecified atom stereocenters. The Morgan fingerprint density at radius 3 is 2.65 bits per heavy atom. The Hall–Kier alpha value is -2.93. The summed E-state index contributed by atoms with van der Waals surface area (Å²) < 4.78 is 6.98. The predicted molar refractivity (Wildman–Crippen MR) is 100 cm³/mol. The van der Waals surface area contributed by atoms with Gasteiger partial charge in [0.2, 0.25) is 0 Å². The van der Waals surface area contributed by atoms with Gasteiger partial charge in [-0.25, -0.2) is 9.48 Å². The van der Waals surface area contributed by atoms with E-state index in [1.165, 1.54) is 11.3 Å². The van der Waals surface area contributed by atoms with E-state index in [-0.39, 0.29) is 5.91 Å². The summed E-state index contributed by atoms with van der Waals surface area (Å²) in [5, 5.41) is 9.12. The lowest BCUT2D eigenvalue weighted by Crippen LogP contribution is -2.35. The SMILES string of the molecule is CCNC(=O)[C@@H](C)OC(=O)c1cn(-c2ccccc2)nc1-c1cccs1. The van der Waals surface area contributed by atoms with Crippen molar-refractivity contribution in [3.05, 3.63) is 59.6 Å². The molecule has 0 bridgehead atoms. The highest BCUT2D eigenvalue weighted by atomic mass is 32.1. The predicted octanol–water partition coefficient (Wildman–Crippen LogP) is 3.28. The Kier molecular flexibility index (Phi) is 5.48. The summed E-state index contributed by atoms with van der Waals surface area (Å²) >= 11 is 1.49. The number of esters is 1. The number of hydrogen-bond acceptors (Lipinski definition) is 5. The number of carbonyl (C=O) groups is 2. The number of hydrogen-bond donors (Lipinski definition) is 1. The first-order valence-electron chi connectivity index (χ1n) is 8.27. The van der Waals surface area contributed by atoms with E-state index < -0.39 is 12.1 Å². The average Bonchev–Trinajstić information content (AvgIpc) is 3.32. The summed E-state index contributed by atoms with van der Waals surface area (Å²) in [6, 6.07) is 13.3. The van der Waals surface area contributed by atoms with E-state index >= 15 is 0 Å². The second-order valence-corrected chi connectivity index (χ2v) is 6.54. The molecule has 2 aromatic heterocycles. The minimum Gasteiger partial charge on any atom is -0.449 e. The van der Waals surface area contributed by atoms with E-state index in [9.17, 15) is 9.59 Å². The van der Waals surface area contributed by atoms with Gasteiger partial charge in [-0.2, -0.15) is 5.10 Å². The summed E-state index contributed by atoms with van der Waals surface area (Å²) in [5.41, 5.74) is 1.70. The molecule has 0 spiro atoms. The fourth-order valence-corrected chi connectivity index (χ4v) is 3.15. The van der Waals surface area contributed by atoms with Gasteiger partial charge in [-0.1, -0.05) is 24.3 Å². The second kappa shape index (κ2) is 7.97. The Morgan fingerprint density at radius 1 is 1.23 bits per heavy atom. The molecule has 2 heterocycles. The van der Waals surface area contributed by atoms with Crippen LogP contribution in [0.3, 0.4) is 0 Å². The molecule has 0 aliphatic carbocycles. The average molecular weight is 369 g/mol. The molecular weight excluding hydrogens is 350 g/mol. The summed E-state index contributed by atoms with van der Waals surface area (Å²) in [6.45, 7) is 3.84. The number of amides is 1. The molecule has 7 heteroatoms. The fourth-order valence-electron chi connectivity index (χ4n) is 2.43. The number of benzene rings is 1. The van der Waals surface area contributed by atoms with Crippen molar-refractivity contribution in [2.45, 2.75) is 20.0 Å². The van der Waals surface area contributed by atoms with Crippen LogP contribution < -0.4 is 5.32 Å². The third-order valence-corrected chi connectivity index (χ3v) is 4.59. The monoisotopic (exact) mass is 369 g/mol. The van der Waals surface area contributed by atoms with Gasteiger partial charge in [0.15, 0.2) is 6.10 Å². The minimum atomic E-state index is -0.876. The number of carbonyl (C=O) groups excluding carboxylic acids is 2. The van der Waals surface area contributed by atoms with Gasteiger partial charge >= 0.3 is 5.97 Å². The number of nitrogens with one attached hydrogen (secondary N) is 1. The lowest BCUT2D eigenvalue weighted by atomic mass is 10.2. The van der Waals surface area contributed by atoms with E-state index in [4.69, 9.17) is 4.74 Å². The molecule has 0 aliphatic heterocycles. The van der Waals surface area contributed by atoms with Crippen molar-refractivity contribution in [3.63, 3.8) is 0 Å². The molecule has 0 radical (unpaired) electrons. The number of nitrogens with zero attached hydrogens (tertiary/aromatic N) is 2. The summed E-state index contributed by atoms with van der Waals surface area (Å²) in [5.74, 6) is -0.900. The number of rotatable bonds is 6. The zero-order chi connectivity index (χ0) is 18.5. The largest absolute Gasteiger partial charge is 0.449 e. The summed E-state index contributed by atoms with van der Waals surface area (Å²) in [6.07, 6.45) is 0.760. The third-order valence-electron chi connectivity index (χ3n) is 3.71. The molecule has 3 aromatic rings. The molecule has 134 valence electrons. The molecule has 6 nitrogen and oxygen atoms in total. The van der Waals surface area contributed by atoms with E-state index in [2.05, 4.69) is 10.4 Å². The molecule has 1 aromatic carbocycles. The van der Waals surface area contributed by atoms with Gasteiger partial charge in [0.25, 0.3) is 5.91 Å². The normalized spacial score (nSPS) is 11.8. The molecule has 1 atom stereocenters. The van der Waals surface area contributed by atoms with Crippen molar-refractivity contribution >= 4 is 23.2 Å². The van der Waals surface area contributed by atoms with Gasteiger partial charge in [-0.05, 0) is 37.4 Å². The van der Waals surface area contributed by atoms with Crippen molar-refractivity contribution in [3.8, 4) is 16.3 Å². The summed E-state index contributed by atoms with van der Waals surface area (Å²) in [7, 11) is 0. The highest BCUT2D eigenvalue weighted by Gasteiger charge is 2.24. The van der Waals surface area contributed by atoms with Crippen LogP contribution >= 0.6 is 11.3 Å². The van der Waals surface area contributed by atoms with Gasteiger partial charge in [-0.3, -0.25) is 4.79 Å². The van der Waals surface area contributed by atoms with Crippen LogP contribution in [0.4, 0.5) is 0 Å². The smallest absolute Gasteiger partial charge is 0.342 e. The van der Waals surface area contributed by atoms with E-state index in [1.807, 2.05) is 54.8 Å². The molecule has 1 amide bonds. The zero-order valence-electron chi connectivity index (χ0n) is 14.5. The van der Waals surface area contributed by atoms with E-state index in [0.29, 0.717) is 17.8 Å². The Bertz CT molecular complexity index is 888. The number of likely N-dealkylation sites (N-methyl/N-ethyl adjacent to an activating group) is 1. The molecular formula is C19H19N3O3S. The zero-order valence-corrected chi connectivity index (χ0v) is 15.3. The van der Waals surface area contributed by atoms with E-state index in [1.54, 1.807) is 17.8 Å². The first-order chi connectivity index (χ1) is 12.6. The Morgan fingerprint density at radius 2 is 2.00 bits per heavy atom.